The lowest BCUT2D eigenvalue weighted by Gasteiger charge is -2.19. The van der Waals surface area contributed by atoms with Crippen LogP contribution in [0.15, 0.2) is 35.4 Å². The lowest BCUT2D eigenvalue weighted by atomic mass is 10.2. The van der Waals surface area contributed by atoms with Crippen molar-refractivity contribution in [1.29, 1.82) is 0 Å². The quantitative estimate of drug-likeness (QED) is 0.826. The number of hydrogen-bond donors (Lipinski definition) is 1. The fourth-order valence-electron chi connectivity index (χ4n) is 2.14. The van der Waals surface area contributed by atoms with Gasteiger partial charge >= 0.3 is 0 Å². The van der Waals surface area contributed by atoms with Crippen LogP contribution in [0, 0.1) is 0 Å². The molecule has 118 valence electrons. The molecule has 5 heteroatoms. The van der Waals surface area contributed by atoms with Crippen LogP contribution < -0.4 is 10.1 Å². The number of amides is 1. The monoisotopic (exact) mass is 318 g/mol. The normalized spacial score (nSPS) is 12.4. The SMILES string of the molecule is CCC(Oc1ccc2ncc(SC)cc2c1)C(=O)NC(C)C. The summed E-state index contributed by atoms with van der Waals surface area (Å²) in [5.74, 6) is 0.617. The van der Waals surface area contributed by atoms with Gasteiger partial charge in [-0.05, 0) is 50.8 Å². The second-order valence-electron chi connectivity index (χ2n) is 5.41. The van der Waals surface area contributed by atoms with Gasteiger partial charge in [0.05, 0.1) is 5.52 Å². The summed E-state index contributed by atoms with van der Waals surface area (Å²) in [6.45, 7) is 5.82. The Bertz CT molecular complexity index is 658. The molecule has 0 aliphatic rings. The van der Waals surface area contributed by atoms with Crippen LogP contribution in [0.5, 0.6) is 5.75 Å². The van der Waals surface area contributed by atoms with Crippen molar-refractivity contribution in [3.8, 4) is 5.75 Å². The number of rotatable bonds is 6. The zero-order valence-electron chi connectivity index (χ0n) is 13.4. The third kappa shape index (κ3) is 4.13. The summed E-state index contributed by atoms with van der Waals surface area (Å²) in [5.41, 5.74) is 0.921. The molecule has 0 spiro atoms. The number of carbonyl (C=O) groups is 1. The summed E-state index contributed by atoms with van der Waals surface area (Å²) in [6.07, 6.45) is 4.03. The summed E-state index contributed by atoms with van der Waals surface area (Å²) in [6, 6.07) is 7.90. The first-order valence-corrected chi connectivity index (χ1v) is 8.66. The van der Waals surface area contributed by atoms with E-state index in [-0.39, 0.29) is 11.9 Å². The summed E-state index contributed by atoms with van der Waals surface area (Å²) >= 11 is 1.65. The molecule has 1 heterocycles. The van der Waals surface area contributed by atoms with Crippen LogP contribution in [0.2, 0.25) is 0 Å². The molecule has 2 rings (SSSR count). The molecular formula is C17H22N2O2S. The van der Waals surface area contributed by atoms with Gasteiger partial charge in [-0.25, -0.2) is 0 Å². The van der Waals surface area contributed by atoms with E-state index in [1.807, 2.05) is 51.4 Å². The lowest BCUT2D eigenvalue weighted by Crippen LogP contribution is -2.41. The molecular weight excluding hydrogens is 296 g/mol. The van der Waals surface area contributed by atoms with Crippen molar-refractivity contribution in [3.05, 3.63) is 30.5 Å². The average Bonchev–Trinajstić information content (AvgIpc) is 2.50. The van der Waals surface area contributed by atoms with Gasteiger partial charge in [0.2, 0.25) is 0 Å². The van der Waals surface area contributed by atoms with Crippen LogP contribution in [0.4, 0.5) is 0 Å². The maximum Gasteiger partial charge on any atom is 0.261 e. The molecule has 1 atom stereocenters. The maximum atomic E-state index is 12.1. The molecule has 0 fully saturated rings. The van der Waals surface area contributed by atoms with Crippen molar-refractivity contribution < 1.29 is 9.53 Å². The molecule has 0 aliphatic heterocycles. The molecule has 0 bridgehead atoms. The van der Waals surface area contributed by atoms with E-state index in [2.05, 4.69) is 16.4 Å². The van der Waals surface area contributed by atoms with Crippen molar-refractivity contribution in [3.63, 3.8) is 0 Å². The number of fused-ring (bicyclic) bond motifs is 1. The fraction of sp³-hybridized carbons (Fsp3) is 0.412. The highest BCUT2D eigenvalue weighted by Gasteiger charge is 2.19. The Morgan fingerprint density at radius 2 is 2.14 bits per heavy atom. The van der Waals surface area contributed by atoms with Crippen molar-refractivity contribution in [2.75, 3.05) is 6.26 Å². The van der Waals surface area contributed by atoms with E-state index in [0.717, 1.165) is 15.8 Å². The van der Waals surface area contributed by atoms with E-state index in [9.17, 15) is 4.79 Å². The summed E-state index contributed by atoms with van der Waals surface area (Å²) < 4.78 is 5.86. The van der Waals surface area contributed by atoms with Crippen molar-refractivity contribution in [2.45, 2.75) is 44.2 Å². The van der Waals surface area contributed by atoms with Gasteiger partial charge < -0.3 is 10.1 Å². The van der Waals surface area contributed by atoms with Crippen molar-refractivity contribution in [1.82, 2.24) is 10.3 Å². The number of ether oxygens (including phenoxy) is 1. The zero-order chi connectivity index (χ0) is 16.1. The number of nitrogens with one attached hydrogen (secondary N) is 1. The largest absolute Gasteiger partial charge is 0.481 e. The maximum absolute atomic E-state index is 12.1. The van der Waals surface area contributed by atoms with Crippen LogP contribution in [-0.2, 0) is 4.79 Å². The molecule has 1 aromatic heterocycles. The van der Waals surface area contributed by atoms with Gasteiger partial charge in [0.25, 0.3) is 5.91 Å². The Kier molecular flexibility index (Phi) is 5.66. The zero-order valence-corrected chi connectivity index (χ0v) is 14.2. The Balaban J connectivity index is 2.20. The van der Waals surface area contributed by atoms with Crippen molar-refractivity contribution in [2.24, 2.45) is 0 Å². The van der Waals surface area contributed by atoms with Gasteiger partial charge in [0.1, 0.15) is 5.75 Å². The van der Waals surface area contributed by atoms with E-state index < -0.39 is 6.10 Å². The van der Waals surface area contributed by atoms with E-state index in [1.165, 1.54) is 0 Å². The van der Waals surface area contributed by atoms with Gasteiger partial charge in [0.15, 0.2) is 6.10 Å². The molecule has 1 aromatic carbocycles. The van der Waals surface area contributed by atoms with Crippen LogP contribution in [0.25, 0.3) is 10.9 Å². The predicted molar refractivity (Wildman–Crippen MR) is 91.5 cm³/mol. The highest BCUT2D eigenvalue weighted by Crippen LogP contribution is 2.24. The molecule has 1 N–H and O–H groups in total. The van der Waals surface area contributed by atoms with Gasteiger partial charge in [-0.1, -0.05) is 6.92 Å². The minimum Gasteiger partial charge on any atom is -0.481 e. The third-order valence-electron chi connectivity index (χ3n) is 3.24. The summed E-state index contributed by atoms with van der Waals surface area (Å²) in [4.78, 5) is 17.6. The number of hydrogen-bond acceptors (Lipinski definition) is 4. The smallest absolute Gasteiger partial charge is 0.261 e. The Morgan fingerprint density at radius 3 is 2.77 bits per heavy atom. The van der Waals surface area contributed by atoms with Crippen molar-refractivity contribution >= 4 is 28.6 Å². The number of pyridine rings is 1. The molecule has 2 aromatic rings. The average molecular weight is 318 g/mol. The fourth-order valence-corrected chi connectivity index (χ4v) is 2.54. The number of thioether (sulfide) groups is 1. The molecule has 4 nitrogen and oxygen atoms in total. The minimum atomic E-state index is -0.475. The second kappa shape index (κ2) is 7.49. The second-order valence-corrected chi connectivity index (χ2v) is 6.29. The molecule has 0 saturated carbocycles. The van der Waals surface area contributed by atoms with E-state index in [1.54, 1.807) is 11.8 Å². The topological polar surface area (TPSA) is 51.2 Å². The molecule has 0 saturated heterocycles. The number of nitrogens with zero attached hydrogens (tertiary/aromatic N) is 1. The van der Waals surface area contributed by atoms with Gasteiger partial charge in [-0.3, -0.25) is 9.78 Å². The minimum absolute atomic E-state index is 0.0754. The van der Waals surface area contributed by atoms with Gasteiger partial charge in [-0.15, -0.1) is 11.8 Å². The van der Waals surface area contributed by atoms with Crippen LogP contribution >= 0.6 is 11.8 Å². The highest BCUT2D eigenvalue weighted by atomic mass is 32.2. The Hall–Kier alpha value is -1.75. The van der Waals surface area contributed by atoms with Crippen LogP contribution in [0.1, 0.15) is 27.2 Å². The number of aromatic nitrogens is 1. The molecule has 0 aliphatic carbocycles. The Morgan fingerprint density at radius 1 is 1.36 bits per heavy atom. The predicted octanol–water partition coefficient (Wildman–Crippen LogP) is 3.64. The first-order chi connectivity index (χ1) is 10.5. The highest BCUT2D eigenvalue weighted by molar-refractivity contribution is 7.98. The first kappa shape index (κ1) is 16.6. The van der Waals surface area contributed by atoms with Crippen LogP contribution in [0.3, 0.4) is 0 Å². The standard InChI is InChI=1S/C17H22N2O2S/c1-5-16(17(20)19-11(2)3)21-13-6-7-15-12(8-13)9-14(22-4)10-18-15/h6-11,16H,5H2,1-4H3,(H,19,20). The first-order valence-electron chi connectivity index (χ1n) is 7.44. The summed E-state index contributed by atoms with van der Waals surface area (Å²) in [5, 5.41) is 3.91. The van der Waals surface area contributed by atoms with Gasteiger partial charge in [-0.2, -0.15) is 0 Å². The van der Waals surface area contributed by atoms with Gasteiger partial charge in [0, 0.05) is 22.5 Å². The molecule has 22 heavy (non-hydrogen) atoms. The third-order valence-corrected chi connectivity index (χ3v) is 3.93. The van der Waals surface area contributed by atoms with E-state index in [0.29, 0.717) is 12.2 Å². The Labute approximate surface area is 135 Å². The number of carbonyl (C=O) groups excluding carboxylic acids is 1. The summed E-state index contributed by atoms with van der Waals surface area (Å²) in [7, 11) is 0. The van der Waals surface area contributed by atoms with E-state index >= 15 is 0 Å². The molecule has 0 radical (unpaired) electrons. The van der Waals surface area contributed by atoms with Crippen LogP contribution in [-0.4, -0.2) is 29.3 Å². The number of benzene rings is 1. The lowest BCUT2D eigenvalue weighted by molar-refractivity contribution is -0.128. The molecule has 1 unspecified atom stereocenters. The molecule has 1 amide bonds. The van der Waals surface area contributed by atoms with E-state index in [4.69, 9.17) is 4.74 Å².